The molecule has 2 saturated heterocycles. The van der Waals surface area contributed by atoms with Crippen LogP contribution in [0.1, 0.15) is 18.4 Å². The number of hydrogen-bond donors (Lipinski definition) is 0. The zero-order valence-electron chi connectivity index (χ0n) is 16.9. The van der Waals surface area contributed by atoms with E-state index in [4.69, 9.17) is 9.47 Å². The van der Waals surface area contributed by atoms with Crippen molar-refractivity contribution < 1.29 is 22.7 Å². The molecule has 2 aliphatic rings. The van der Waals surface area contributed by atoms with Crippen LogP contribution in [0.3, 0.4) is 0 Å². The summed E-state index contributed by atoms with van der Waals surface area (Å²) in [6.45, 7) is 2.68. The largest absolute Gasteiger partial charge is 0.496 e. The summed E-state index contributed by atoms with van der Waals surface area (Å²) in [6.07, 6.45) is 3.06. The number of benzene rings is 1. The predicted octanol–water partition coefficient (Wildman–Crippen LogP) is 1.38. The lowest BCUT2D eigenvalue weighted by Gasteiger charge is -2.43. The number of amides is 1. The van der Waals surface area contributed by atoms with Crippen molar-refractivity contribution in [2.45, 2.75) is 19.3 Å². The maximum absolute atomic E-state index is 12.8. The van der Waals surface area contributed by atoms with E-state index in [1.54, 1.807) is 18.5 Å². The Labute approximate surface area is 167 Å². The number of carbonyl (C=O) groups is 1. The SMILES string of the molecule is COC[C@@]12CCN(C(=O)CCc3ccccc3OC)C[C@@H]1CN(S(C)(=O)=O)C2. The van der Waals surface area contributed by atoms with Crippen molar-refractivity contribution >= 4 is 15.9 Å². The summed E-state index contributed by atoms with van der Waals surface area (Å²) in [5, 5.41) is 0. The highest BCUT2D eigenvalue weighted by Crippen LogP contribution is 2.44. The number of sulfonamides is 1. The number of ether oxygens (including phenoxy) is 2. The summed E-state index contributed by atoms with van der Waals surface area (Å²) in [5.41, 5.74) is 0.824. The molecule has 0 aliphatic carbocycles. The molecule has 2 aliphatic heterocycles. The van der Waals surface area contributed by atoms with E-state index >= 15 is 0 Å². The minimum Gasteiger partial charge on any atom is -0.496 e. The molecule has 8 heteroatoms. The molecule has 1 amide bonds. The summed E-state index contributed by atoms with van der Waals surface area (Å²) in [6, 6.07) is 7.74. The van der Waals surface area contributed by atoms with Crippen LogP contribution in [-0.4, -0.2) is 76.8 Å². The second-order valence-electron chi connectivity index (χ2n) is 7.95. The lowest BCUT2D eigenvalue weighted by atomic mass is 9.73. The fourth-order valence-electron chi connectivity index (χ4n) is 4.55. The van der Waals surface area contributed by atoms with Crippen molar-refractivity contribution in [1.82, 2.24) is 9.21 Å². The molecule has 1 aromatic carbocycles. The van der Waals surface area contributed by atoms with Crippen LogP contribution in [0, 0.1) is 11.3 Å². The van der Waals surface area contributed by atoms with Gasteiger partial charge < -0.3 is 14.4 Å². The number of hydrogen-bond acceptors (Lipinski definition) is 5. The number of carbonyl (C=O) groups excluding carboxylic acids is 1. The van der Waals surface area contributed by atoms with E-state index in [9.17, 15) is 13.2 Å². The number of para-hydroxylation sites is 1. The Hall–Kier alpha value is -1.64. The number of likely N-dealkylation sites (tertiary alicyclic amines) is 1. The van der Waals surface area contributed by atoms with Gasteiger partial charge >= 0.3 is 0 Å². The summed E-state index contributed by atoms with van der Waals surface area (Å²) in [5.74, 6) is 1.01. The van der Waals surface area contributed by atoms with Crippen molar-refractivity contribution in [2.24, 2.45) is 11.3 Å². The first-order chi connectivity index (χ1) is 13.3. The molecule has 1 aromatic rings. The lowest BCUT2D eigenvalue weighted by molar-refractivity contribution is -0.135. The van der Waals surface area contributed by atoms with Crippen LogP contribution in [0.4, 0.5) is 0 Å². The Kier molecular flexibility index (Phi) is 6.31. The number of rotatable bonds is 7. The van der Waals surface area contributed by atoms with Crippen LogP contribution in [0.2, 0.25) is 0 Å². The number of fused-ring (bicyclic) bond motifs is 1. The van der Waals surface area contributed by atoms with Gasteiger partial charge in [0.25, 0.3) is 0 Å². The third kappa shape index (κ3) is 4.34. The van der Waals surface area contributed by atoms with Crippen LogP contribution in [0.15, 0.2) is 24.3 Å². The van der Waals surface area contributed by atoms with E-state index in [2.05, 4.69) is 0 Å². The van der Waals surface area contributed by atoms with Crippen LogP contribution >= 0.6 is 0 Å². The monoisotopic (exact) mass is 410 g/mol. The Balaban J connectivity index is 1.65. The van der Waals surface area contributed by atoms with Crippen molar-refractivity contribution in [1.29, 1.82) is 0 Å². The molecule has 2 heterocycles. The van der Waals surface area contributed by atoms with E-state index < -0.39 is 10.0 Å². The summed E-state index contributed by atoms with van der Waals surface area (Å²) >= 11 is 0. The van der Waals surface area contributed by atoms with Crippen molar-refractivity contribution in [2.75, 3.05) is 53.3 Å². The first-order valence-electron chi connectivity index (χ1n) is 9.63. The average molecular weight is 411 g/mol. The Morgan fingerprint density at radius 1 is 1.25 bits per heavy atom. The molecule has 3 rings (SSSR count). The van der Waals surface area contributed by atoms with Gasteiger partial charge in [-0.25, -0.2) is 12.7 Å². The second-order valence-corrected chi connectivity index (χ2v) is 9.93. The van der Waals surface area contributed by atoms with Crippen LogP contribution < -0.4 is 4.74 Å². The highest BCUT2D eigenvalue weighted by atomic mass is 32.2. The first kappa shape index (κ1) is 21.1. The number of nitrogens with zero attached hydrogens (tertiary/aromatic N) is 2. The standard InChI is InChI=1S/C20H30N2O5S/c1-26-15-20-10-11-21(12-17(20)13-22(14-20)28(3,24)25)19(23)9-8-16-6-4-5-7-18(16)27-2/h4-7,17H,8-15H2,1-3H3/t17-,20+/m1/s1. The van der Waals surface area contributed by atoms with Gasteiger partial charge in [-0.2, -0.15) is 0 Å². The van der Waals surface area contributed by atoms with Crippen LogP contribution in [0.5, 0.6) is 5.75 Å². The number of aryl methyl sites for hydroxylation is 1. The number of piperidine rings is 1. The molecule has 0 radical (unpaired) electrons. The zero-order chi connectivity index (χ0) is 20.4. The Morgan fingerprint density at radius 3 is 2.68 bits per heavy atom. The molecular formula is C20H30N2O5S. The minimum absolute atomic E-state index is 0.103. The molecule has 0 N–H and O–H groups in total. The topological polar surface area (TPSA) is 76.2 Å². The molecule has 7 nitrogen and oxygen atoms in total. The van der Waals surface area contributed by atoms with E-state index in [0.717, 1.165) is 17.7 Å². The molecule has 0 aromatic heterocycles. The van der Waals surface area contributed by atoms with E-state index in [0.29, 0.717) is 45.6 Å². The quantitative estimate of drug-likeness (QED) is 0.679. The molecule has 0 unspecified atom stereocenters. The fourth-order valence-corrected chi connectivity index (χ4v) is 5.49. The van der Waals surface area contributed by atoms with Gasteiger partial charge in [0.15, 0.2) is 0 Å². The molecule has 156 valence electrons. The van der Waals surface area contributed by atoms with Gasteiger partial charge in [-0.3, -0.25) is 4.79 Å². The van der Waals surface area contributed by atoms with Gasteiger partial charge in [-0.15, -0.1) is 0 Å². The maximum Gasteiger partial charge on any atom is 0.222 e. The van der Waals surface area contributed by atoms with E-state index in [1.165, 1.54) is 6.26 Å². The third-order valence-corrected chi connectivity index (χ3v) is 7.37. The summed E-state index contributed by atoms with van der Waals surface area (Å²) in [7, 11) is 0.0372. The van der Waals surface area contributed by atoms with Crippen LogP contribution in [0.25, 0.3) is 0 Å². The number of methoxy groups -OCH3 is 2. The van der Waals surface area contributed by atoms with Crippen molar-refractivity contribution in [3.8, 4) is 5.75 Å². The summed E-state index contributed by atoms with van der Waals surface area (Å²) in [4.78, 5) is 14.7. The first-order valence-corrected chi connectivity index (χ1v) is 11.5. The normalized spacial score (nSPS) is 25.5. The van der Waals surface area contributed by atoms with Gasteiger partial charge in [-0.05, 0) is 30.4 Å². The van der Waals surface area contributed by atoms with E-state index in [1.807, 2.05) is 29.2 Å². The molecule has 2 atom stereocenters. The van der Waals surface area contributed by atoms with Gasteiger partial charge in [0.05, 0.1) is 20.0 Å². The van der Waals surface area contributed by atoms with Gasteiger partial charge in [-0.1, -0.05) is 18.2 Å². The highest BCUT2D eigenvalue weighted by molar-refractivity contribution is 7.88. The third-order valence-electron chi connectivity index (χ3n) is 6.16. The molecule has 0 saturated carbocycles. The molecule has 2 fully saturated rings. The molecule has 28 heavy (non-hydrogen) atoms. The zero-order valence-corrected chi connectivity index (χ0v) is 17.7. The summed E-state index contributed by atoms with van der Waals surface area (Å²) < 4.78 is 36.4. The van der Waals surface area contributed by atoms with Gasteiger partial charge in [0, 0.05) is 45.1 Å². The maximum atomic E-state index is 12.8. The molecule has 0 spiro atoms. The predicted molar refractivity (Wildman–Crippen MR) is 107 cm³/mol. The fraction of sp³-hybridized carbons (Fsp3) is 0.650. The van der Waals surface area contributed by atoms with Crippen molar-refractivity contribution in [3.63, 3.8) is 0 Å². The lowest BCUT2D eigenvalue weighted by Crippen LogP contribution is -2.50. The molecular weight excluding hydrogens is 380 g/mol. The van der Waals surface area contributed by atoms with Gasteiger partial charge in [0.2, 0.25) is 15.9 Å². The van der Waals surface area contributed by atoms with Crippen LogP contribution in [-0.2, 0) is 26.0 Å². The van der Waals surface area contributed by atoms with Crippen molar-refractivity contribution in [3.05, 3.63) is 29.8 Å². The van der Waals surface area contributed by atoms with Gasteiger partial charge in [0.1, 0.15) is 5.75 Å². The van der Waals surface area contributed by atoms with E-state index in [-0.39, 0.29) is 17.2 Å². The Morgan fingerprint density at radius 2 is 2.00 bits per heavy atom. The second kappa shape index (κ2) is 8.39. The highest BCUT2D eigenvalue weighted by Gasteiger charge is 2.52. The Bertz CT molecular complexity index is 813. The molecule has 0 bridgehead atoms. The minimum atomic E-state index is -3.25. The smallest absolute Gasteiger partial charge is 0.222 e. The average Bonchev–Trinajstić information content (AvgIpc) is 3.05.